The summed E-state index contributed by atoms with van der Waals surface area (Å²) < 4.78 is 58.0. The van der Waals surface area contributed by atoms with Crippen molar-refractivity contribution in [3.8, 4) is 0 Å². The number of nitrogens with zero attached hydrogens (tertiary/aromatic N) is 1. The number of esters is 1. The van der Waals surface area contributed by atoms with E-state index in [1.54, 1.807) is 18.7 Å². The van der Waals surface area contributed by atoms with Crippen molar-refractivity contribution in [3.05, 3.63) is 0 Å². The Morgan fingerprint density at radius 3 is 2.18 bits per heavy atom. The van der Waals surface area contributed by atoms with Crippen molar-refractivity contribution in [2.24, 2.45) is 0 Å². The highest BCUT2D eigenvalue weighted by Crippen LogP contribution is 2.20. The van der Waals surface area contributed by atoms with E-state index in [-0.39, 0.29) is 6.54 Å². The minimum absolute atomic E-state index is 0.214. The van der Waals surface area contributed by atoms with E-state index >= 15 is 0 Å². The quantitative estimate of drug-likeness (QED) is 0.533. The lowest BCUT2D eigenvalue weighted by atomic mass is 10.5. The first-order chi connectivity index (χ1) is 7.64. The molecule has 1 N–H and O–H groups in total. The molecule has 0 aromatic carbocycles. The van der Waals surface area contributed by atoms with E-state index in [9.17, 15) is 22.0 Å². The first kappa shape index (κ1) is 16.2. The average Bonchev–Trinajstić information content (AvgIpc) is 2.21. The second-order valence-corrected chi connectivity index (χ2v) is 4.78. The highest BCUT2D eigenvalue weighted by Gasteiger charge is 2.45. The number of halogens is 2. The van der Waals surface area contributed by atoms with Gasteiger partial charge in [0, 0.05) is 0 Å². The highest BCUT2D eigenvalue weighted by molar-refractivity contribution is 7.86. The molecule has 0 rings (SSSR count). The van der Waals surface area contributed by atoms with Crippen LogP contribution in [0.3, 0.4) is 0 Å². The Hall–Kier alpha value is -0.800. The molecule has 0 amide bonds. The fraction of sp³-hybridized carbons (Fsp3) is 0.875. The molecule has 102 valence electrons. The smallest absolute Gasteiger partial charge is 0.402 e. The Morgan fingerprint density at radius 1 is 1.35 bits per heavy atom. The van der Waals surface area contributed by atoms with Gasteiger partial charge in [-0.3, -0.25) is 14.2 Å². The number of carbonyl (C=O) groups excluding carboxylic acids is 1. The summed E-state index contributed by atoms with van der Waals surface area (Å²) in [5.41, 5.74) is 0. The number of carbonyl (C=O) groups is 1. The molecule has 9 heteroatoms. The second kappa shape index (κ2) is 6.22. The number of hydrogen-bond acceptors (Lipinski definition) is 5. The summed E-state index contributed by atoms with van der Waals surface area (Å²) in [7, 11) is -5.56. The van der Waals surface area contributed by atoms with Gasteiger partial charge >= 0.3 is 21.3 Å². The van der Waals surface area contributed by atoms with E-state index in [4.69, 9.17) is 4.55 Å². The Morgan fingerprint density at radius 2 is 1.82 bits per heavy atom. The van der Waals surface area contributed by atoms with Gasteiger partial charge in [-0.25, -0.2) is 0 Å². The molecule has 0 aliphatic rings. The van der Waals surface area contributed by atoms with Crippen LogP contribution in [0.1, 0.15) is 13.8 Å². The standard InChI is InChI=1S/C8H15F2NO5S/c1-3-11(4-2)5-7(12)16-6-8(9,10)17(13,14)15/h3-6H2,1-2H3,(H,13,14,15). The molecule has 17 heavy (non-hydrogen) atoms. The van der Waals surface area contributed by atoms with Crippen LogP contribution >= 0.6 is 0 Å². The van der Waals surface area contributed by atoms with Gasteiger partial charge in [0.25, 0.3) is 0 Å². The van der Waals surface area contributed by atoms with Gasteiger partial charge in [-0.15, -0.1) is 0 Å². The maximum absolute atomic E-state index is 12.7. The van der Waals surface area contributed by atoms with Crippen molar-refractivity contribution >= 4 is 16.1 Å². The zero-order valence-corrected chi connectivity index (χ0v) is 10.3. The molecule has 0 saturated heterocycles. The van der Waals surface area contributed by atoms with Crippen molar-refractivity contribution in [2.75, 3.05) is 26.2 Å². The number of likely N-dealkylation sites (N-methyl/N-ethyl adjacent to an activating group) is 1. The van der Waals surface area contributed by atoms with Crippen LogP contribution in [-0.4, -0.2) is 55.3 Å². The molecule has 0 fully saturated rings. The molecule has 0 saturated carbocycles. The summed E-state index contributed by atoms with van der Waals surface area (Å²) in [6.07, 6.45) is 0. The Kier molecular flexibility index (Phi) is 5.93. The van der Waals surface area contributed by atoms with Gasteiger partial charge in [-0.2, -0.15) is 17.2 Å². The topological polar surface area (TPSA) is 83.9 Å². The van der Waals surface area contributed by atoms with Crippen LogP contribution in [-0.2, 0) is 19.6 Å². The summed E-state index contributed by atoms with van der Waals surface area (Å²) in [6.45, 7) is 2.69. The predicted molar refractivity (Wildman–Crippen MR) is 55.2 cm³/mol. The summed E-state index contributed by atoms with van der Waals surface area (Å²) in [5.74, 6) is -0.975. The van der Waals surface area contributed by atoms with Gasteiger partial charge in [0.05, 0.1) is 6.54 Å². The van der Waals surface area contributed by atoms with Crippen LogP contribution in [0.15, 0.2) is 0 Å². The van der Waals surface area contributed by atoms with Gasteiger partial charge in [0.1, 0.15) is 0 Å². The molecule has 0 unspecified atom stereocenters. The largest absolute Gasteiger partial charge is 0.457 e. The maximum atomic E-state index is 12.7. The van der Waals surface area contributed by atoms with Crippen LogP contribution in [0.5, 0.6) is 0 Å². The Labute approximate surface area is 98.3 Å². The van der Waals surface area contributed by atoms with Crippen LogP contribution < -0.4 is 0 Å². The fourth-order valence-corrected chi connectivity index (χ4v) is 1.12. The minimum atomic E-state index is -5.56. The molecule has 6 nitrogen and oxygen atoms in total. The van der Waals surface area contributed by atoms with Crippen molar-refractivity contribution in [1.82, 2.24) is 4.90 Å². The first-order valence-corrected chi connectivity index (χ1v) is 6.30. The third-order valence-electron chi connectivity index (χ3n) is 2.03. The van der Waals surface area contributed by atoms with E-state index in [1.807, 2.05) is 0 Å². The third kappa shape index (κ3) is 5.37. The molecule has 0 spiro atoms. The lowest BCUT2D eigenvalue weighted by Crippen LogP contribution is -2.37. The number of alkyl halides is 2. The number of rotatable bonds is 7. The summed E-state index contributed by atoms with van der Waals surface area (Å²) in [6, 6.07) is 0. The second-order valence-electron chi connectivity index (χ2n) is 3.23. The molecule has 0 heterocycles. The molecule has 0 aromatic heterocycles. The van der Waals surface area contributed by atoms with Crippen LogP contribution in [0.2, 0.25) is 0 Å². The minimum Gasteiger partial charge on any atom is -0.457 e. The Bertz CT molecular complexity index is 353. The lowest BCUT2D eigenvalue weighted by molar-refractivity contribution is -0.150. The zero-order chi connectivity index (χ0) is 13.7. The molecule has 0 radical (unpaired) electrons. The maximum Gasteiger partial charge on any atom is 0.402 e. The molecule has 0 aliphatic carbocycles. The fourth-order valence-electron chi connectivity index (χ4n) is 0.914. The van der Waals surface area contributed by atoms with Crippen LogP contribution in [0.25, 0.3) is 0 Å². The molecule has 0 bridgehead atoms. The molecular formula is C8H15F2NO5S. The first-order valence-electron chi connectivity index (χ1n) is 4.86. The van der Waals surface area contributed by atoms with Gasteiger partial charge in [-0.05, 0) is 13.1 Å². The van der Waals surface area contributed by atoms with Gasteiger partial charge in [0.2, 0.25) is 0 Å². The number of ether oxygens (including phenoxy) is 1. The predicted octanol–water partition coefficient (Wildman–Crippen LogP) is 0.352. The Balaban J connectivity index is 4.26. The van der Waals surface area contributed by atoms with Crippen molar-refractivity contribution < 1.29 is 31.3 Å². The van der Waals surface area contributed by atoms with Gasteiger partial charge < -0.3 is 4.74 Å². The van der Waals surface area contributed by atoms with Gasteiger partial charge in [-0.1, -0.05) is 13.8 Å². The van der Waals surface area contributed by atoms with Crippen LogP contribution in [0.4, 0.5) is 8.78 Å². The molecule has 0 aromatic rings. The van der Waals surface area contributed by atoms with E-state index in [0.29, 0.717) is 13.1 Å². The normalized spacial score (nSPS) is 12.8. The number of hydrogen-bond donors (Lipinski definition) is 1. The summed E-state index contributed by atoms with van der Waals surface area (Å²) in [4.78, 5) is 12.7. The van der Waals surface area contributed by atoms with E-state index in [0.717, 1.165) is 0 Å². The third-order valence-corrected chi connectivity index (χ3v) is 2.90. The zero-order valence-electron chi connectivity index (χ0n) is 9.52. The SMILES string of the molecule is CCN(CC)CC(=O)OCC(F)(F)S(=O)(=O)O. The van der Waals surface area contributed by atoms with Gasteiger partial charge in [0.15, 0.2) is 6.61 Å². The summed E-state index contributed by atoms with van der Waals surface area (Å²) >= 11 is 0. The van der Waals surface area contributed by atoms with E-state index in [1.165, 1.54) is 0 Å². The molecule has 0 aliphatic heterocycles. The van der Waals surface area contributed by atoms with E-state index < -0.39 is 27.9 Å². The van der Waals surface area contributed by atoms with Crippen LogP contribution in [0, 0.1) is 0 Å². The van der Waals surface area contributed by atoms with Crippen molar-refractivity contribution in [2.45, 2.75) is 19.1 Å². The highest BCUT2D eigenvalue weighted by atomic mass is 32.2. The van der Waals surface area contributed by atoms with E-state index in [2.05, 4.69) is 4.74 Å². The molecular weight excluding hydrogens is 260 g/mol. The van der Waals surface area contributed by atoms with Crippen molar-refractivity contribution in [1.29, 1.82) is 0 Å². The summed E-state index contributed by atoms with van der Waals surface area (Å²) in [5, 5.41) is -4.48. The van der Waals surface area contributed by atoms with Crippen molar-refractivity contribution in [3.63, 3.8) is 0 Å². The monoisotopic (exact) mass is 275 g/mol. The average molecular weight is 275 g/mol. The molecule has 0 atom stereocenters. The lowest BCUT2D eigenvalue weighted by Gasteiger charge is -2.18.